The highest BCUT2D eigenvalue weighted by Gasteiger charge is 2.37. The molecule has 1 aliphatic rings. The normalized spacial score (nSPS) is 18.2. The molecule has 4 nitrogen and oxygen atoms in total. The van der Waals surface area contributed by atoms with E-state index in [1.54, 1.807) is 25.1 Å². The Hall–Kier alpha value is -3.48. The number of rotatable bonds is 5. The van der Waals surface area contributed by atoms with E-state index in [0.29, 0.717) is 29.1 Å². The maximum atomic E-state index is 14.2. The number of pyridine rings is 1. The third-order valence-corrected chi connectivity index (χ3v) is 5.33. The Morgan fingerprint density at radius 1 is 1.10 bits per heavy atom. The molecule has 3 aromatic rings. The minimum absolute atomic E-state index is 0.123. The summed E-state index contributed by atoms with van der Waals surface area (Å²) in [6.45, 7) is -0.698. The van der Waals surface area contributed by atoms with Crippen LogP contribution in [0.25, 0.3) is 11.1 Å². The summed E-state index contributed by atoms with van der Waals surface area (Å²) in [6, 6.07) is 16.0. The van der Waals surface area contributed by atoms with Crippen molar-refractivity contribution in [1.29, 1.82) is 0 Å². The van der Waals surface area contributed by atoms with E-state index in [4.69, 9.17) is 5.73 Å². The van der Waals surface area contributed by atoms with Crippen LogP contribution < -0.4 is 15.8 Å². The number of halogens is 3. The van der Waals surface area contributed by atoms with Gasteiger partial charge in [0.1, 0.15) is 5.75 Å². The summed E-state index contributed by atoms with van der Waals surface area (Å²) >= 11 is 0. The Balaban J connectivity index is 1.83. The number of ether oxygens (including phenoxy) is 1. The Bertz CT molecular complexity index is 1120. The van der Waals surface area contributed by atoms with Gasteiger partial charge in [0.2, 0.25) is 5.95 Å². The number of benzene rings is 2. The van der Waals surface area contributed by atoms with Crippen LogP contribution in [0.5, 0.6) is 5.75 Å². The van der Waals surface area contributed by atoms with E-state index in [0.717, 1.165) is 11.1 Å². The lowest BCUT2D eigenvalue weighted by Gasteiger charge is -2.29. The number of aryl methyl sites for hydroxylation is 1. The largest absolute Gasteiger partial charge is 0.435 e. The van der Waals surface area contributed by atoms with Crippen LogP contribution in [0.4, 0.5) is 13.2 Å². The molecule has 2 aromatic carbocycles. The van der Waals surface area contributed by atoms with Gasteiger partial charge < -0.3 is 15.8 Å². The summed E-state index contributed by atoms with van der Waals surface area (Å²) in [6.07, 6.45) is 3.30. The van der Waals surface area contributed by atoms with Gasteiger partial charge in [0.15, 0.2) is 0 Å². The van der Waals surface area contributed by atoms with Gasteiger partial charge in [-0.1, -0.05) is 30.3 Å². The fourth-order valence-corrected chi connectivity index (χ4v) is 3.87. The summed E-state index contributed by atoms with van der Waals surface area (Å²) < 4.78 is 44.1. The molecule has 1 aromatic heterocycles. The maximum absolute atomic E-state index is 14.2. The summed E-state index contributed by atoms with van der Waals surface area (Å²) in [4.78, 5) is 3.73. The molecule has 7 heteroatoms. The average molecular weight is 411 g/mol. The Morgan fingerprint density at radius 2 is 1.90 bits per heavy atom. The van der Waals surface area contributed by atoms with Crippen LogP contribution >= 0.6 is 0 Å². The molecule has 0 saturated heterocycles. The van der Waals surface area contributed by atoms with Crippen molar-refractivity contribution in [1.82, 2.24) is 10.3 Å². The van der Waals surface area contributed by atoms with E-state index in [1.807, 2.05) is 36.4 Å². The predicted molar refractivity (Wildman–Crippen MR) is 108 cm³/mol. The zero-order chi connectivity index (χ0) is 21.3. The van der Waals surface area contributed by atoms with Crippen molar-refractivity contribution < 1.29 is 17.9 Å². The van der Waals surface area contributed by atoms with Gasteiger partial charge in [-0.25, -0.2) is 4.98 Å². The quantitative estimate of drug-likeness (QED) is 0.608. The van der Waals surface area contributed by atoms with Crippen molar-refractivity contribution in [3.8, 4) is 16.9 Å². The second kappa shape index (κ2) is 7.74. The number of nitrogens with two attached hydrogens (primary N) is 1. The van der Waals surface area contributed by atoms with Gasteiger partial charge in [-0.2, -0.15) is 13.2 Å². The lowest BCUT2D eigenvalue weighted by atomic mass is 9.74. The second-order valence-corrected chi connectivity index (χ2v) is 7.21. The molecule has 154 valence electrons. The summed E-state index contributed by atoms with van der Waals surface area (Å²) in [5.41, 5.74) is 8.82. The zero-order valence-corrected chi connectivity index (χ0v) is 16.2. The third kappa shape index (κ3) is 3.58. The fourth-order valence-electron chi connectivity index (χ4n) is 3.87. The van der Waals surface area contributed by atoms with E-state index in [-0.39, 0.29) is 5.75 Å². The first-order chi connectivity index (χ1) is 14.4. The highest BCUT2D eigenvalue weighted by Crippen LogP contribution is 2.40. The second-order valence-electron chi connectivity index (χ2n) is 7.21. The van der Waals surface area contributed by atoms with Gasteiger partial charge >= 0.3 is 6.61 Å². The molecule has 0 aliphatic carbocycles. The van der Waals surface area contributed by atoms with Gasteiger partial charge in [0, 0.05) is 18.3 Å². The van der Waals surface area contributed by atoms with Gasteiger partial charge in [0.25, 0.3) is 0 Å². The van der Waals surface area contributed by atoms with Gasteiger partial charge in [0.05, 0.1) is 11.2 Å². The Labute approximate surface area is 172 Å². The van der Waals surface area contributed by atoms with Crippen LogP contribution in [0.2, 0.25) is 0 Å². The summed E-state index contributed by atoms with van der Waals surface area (Å²) in [5.74, 6) is 0.0872. The van der Waals surface area contributed by atoms with Crippen molar-refractivity contribution in [2.24, 2.45) is 5.73 Å². The van der Waals surface area contributed by atoms with Gasteiger partial charge in [-0.3, -0.25) is 0 Å². The van der Waals surface area contributed by atoms with Crippen LogP contribution in [0.3, 0.4) is 0 Å². The van der Waals surface area contributed by atoms with Crippen LogP contribution in [-0.4, -0.2) is 18.1 Å². The number of hydrogen-bond acceptors (Lipinski definition) is 4. The predicted octanol–water partition coefficient (Wildman–Crippen LogP) is 4.49. The minimum Gasteiger partial charge on any atom is -0.435 e. The van der Waals surface area contributed by atoms with Crippen LogP contribution in [0.15, 0.2) is 72.7 Å². The van der Waals surface area contributed by atoms with E-state index < -0.39 is 18.0 Å². The van der Waals surface area contributed by atoms with Crippen LogP contribution in [0.1, 0.15) is 16.7 Å². The molecule has 0 fully saturated rings. The highest BCUT2D eigenvalue weighted by molar-refractivity contribution is 5.66. The minimum atomic E-state index is -2.89. The number of hydrogen-bond donors (Lipinski definition) is 2. The number of alkyl halides is 2. The molecule has 1 aliphatic heterocycles. The van der Waals surface area contributed by atoms with Gasteiger partial charge in [-0.05, 0) is 59.5 Å². The molecule has 2 heterocycles. The zero-order valence-electron chi connectivity index (χ0n) is 16.2. The standard InChI is InChI=1S/C23H20F3N3O/c1-14-10-17(7-8-19(14)30-22(25)26)23(12-20(27)29-13-23)16-5-2-4-15(11-16)18-6-3-9-28-21(18)24/h2-12,22,29H,13,27H2,1H3. The molecule has 1 atom stereocenters. The van der Waals surface area contributed by atoms with Crippen LogP contribution in [-0.2, 0) is 5.41 Å². The maximum Gasteiger partial charge on any atom is 0.387 e. The molecule has 3 N–H and O–H groups in total. The SMILES string of the molecule is Cc1cc(C2(c3cccc(-c4cccnc4F)c3)C=C(N)NC2)ccc1OC(F)F. The average Bonchev–Trinajstić information content (AvgIpc) is 3.13. The van der Waals surface area contributed by atoms with Crippen molar-refractivity contribution in [2.45, 2.75) is 19.0 Å². The van der Waals surface area contributed by atoms with Gasteiger partial charge in [-0.15, -0.1) is 0 Å². The van der Waals surface area contributed by atoms with E-state index in [9.17, 15) is 13.2 Å². The third-order valence-electron chi connectivity index (χ3n) is 5.33. The molecular formula is C23H20F3N3O. The Morgan fingerprint density at radius 3 is 2.57 bits per heavy atom. The summed E-state index contributed by atoms with van der Waals surface area (Å²) in [5, 5.41) is 3.15. The van der Waals surface area contributed by atoms with E-state index in [2.05, 4.69) is 15.0 Å². The molecule has 4 rings (SSSR count). The van der Waals surface area contributed by atoms with Crippen LogP contribution in [0, 0.1) is 12.9 Å². The van der Waals surface area contributed by atoms with Crippen molar-refractivity contribution in [3.05, 3.63) is 95.3 Å². The monoisotopic (exact) mass is 411 g/mol. The molecule has 30 heavy (non-hydrogen) atoms. The number of nitrogens with zero attached hydrogens (tertiary/aromatic N) is 1. The first-order valence-corrected chi connectivity index (χ1v) is 9.38. The van der Waals surface area contributed by atoms with Crippen molar-refractivity contribution >= 4 is 0 Å². The van der Waals surface area contributed by atoms with E-state index >= 15 is 0 Å². The molecule has 0 radical (unpaired) electrons. The molecule has 0 saturated carbocycles. The first-order valence-electron chi connectivity index (χ1n) is 9.38. The van der Waals surface area contributed by atoms with Crippen molar-refractivity contribution in [3.63, 3.8) is 0 Å². The molecule has 1 unspecified atom stereocenters. The van der Waals surface area contributed by atoms with Crippen molar-refractivity contribution in [2.75, 3.05) is 6.54 Å². The highest BCUT2D eigenvalue weighted by atomic mass is 19.3. The topological polar surface area (TPSA) is 60.2 Å². The molecule has 0 amide bonds. The molecule has 0 bridgehead atoms. The Kier molecular flexibility index (Phi) is 5.11. The first kappa shape index (κ1) is 19.8. The lowest BCUT2D eigenvalue weighted by molar-refractivity contribution is -0.0503. The number of nitrogens with one attached hydrogen (secondary N) is 1. The molecule has 0 spiro atoms. The summed E-state index contributed by atoms with van der Waals surface area (Å²) in [7, 11) is 0. The number of aromatic nitrogens is 1. The smallest absolute Gasteiger partial charge is 0.387 e. The molecular weight excluding hydrogens is 391 g/mol. The fraction of sp³-hybridized carbons (Fsp3) is 0.174. The van der Waals surface area contributed by atoms with E-state index in [1.165, 1.54) is 12.3 Å². The lowest BCUT2D eigenvalue weighted by Crippen LogP contribution is -2.31.